The molecular formula is C31H22F4N4O2. The zero-order chi connectivity index (χ0) is 29.0. The van der Waals surface area contributed by atoms with Gasteiger partial charge in [0, 0.05) is 11.1 Å². The number of dihydropyridines is 1. The van der Waals surface area contributed by atoms with Crippen LogP contribution in [-0.4, -0.2) is 33.3 Å². The fourth-order valence-electron chi connectivity index (χ4n) is 4.19. The summed E-state index contributed by atoms with van der Waals surface area (Å²) >= 11 is 0. The maximum Gasteiger partial charge on any atom is 0.417 e. The summed E-state index contributed by atoms with van der Waals surface area (Å²) in [5.41, 5.74) is -0.579. The monoisotopic (exact) mass is 558 g/mol. The lowest BCUT2D eigenvalue weighted by atomic mass is 10.0. The number of aromatic nitrogens is 3. The average Bonchev–Trinajstić information content (AvgIpc) is 2.95. The fourth-order valence-corrected chi connectivity index (χ4v) is 4.19. The minimum Gasteiger partial charge on any atom is -0.487 e. The molecule has 2 heterocycles. The van der Waals surface area contributed by atoms with Crippen LogP contribution in [0.15, 0.2) is 88.7 Å². The molecule has 1 unspecified atom stereocenters. The molecule has 0 amide bonds. The number of benzene rings is 3. The van der Waals surface area contributed by atoms with Crippen molar-refractivity contribution in [2.45, 2.75) is 25.6 Å². The smallest absolute Gasteiger partial charge is 0.417 e. The predicted octanol–water partition coefficient (Wildman–Crippen LogP) is 6.22. The molecule has 6 nitrogen and oxygen atoms in total. The summed E-state index contributed by atoms with van der Waals surface area (Å²) < 4.78 is 61.9. The van der Waals surface area contributed by atoms with Crippen LogP contribution in [0.25, 0.3) is 22.8 Å². The Balaban J connectivity index is 1.50. The minimum absolute atomic E-state index is 0.0391. The van der Waals surface area contributed by atoms with E-state index in [1.165, 1.54) is 18.2 Å². The highest BCUT2D eigenvalue weighted by molar-refractivity contribution is 5.97. The van der Waals surface area contributed by atoms with Crippen molar-refractivity contribution < 1.29 is 22.3 Å². The van der Waals surface area contributed by atoms with E-state index in [9.17, 15) is 22.4 Å². The molecule has 1 atom stereocenters. The number of hydrogen-bond acceptors (Lipinski definition) is 5. The number of aliphatic imine (C=N–C) groups is 1. The molecule has 206 valence electrons. The third-order valence-corrected chi connectivity index (χ3v) is 6.13. The predicted molar refractivity (Wildman–Crippen MR) is 147 cm³/mol. The van der Waals surface area contributed by atoms with Gasteiger partial charge in [0.25, 0.3) is 0 Å². The molecule has 3 aromatic carbocycles. The van der Waals surface area contributed by atoms with Gasteiger partial charge in [0.05, 0.1) is 28.4 Å². The molecule has 1 aromatic heterocycles. The van der Waals surface area contributed by atoms with Crippen LogP contribution >= 0.6 is 0 Å². The summed E-state index contributed by atoms with van der Waals surface area (Å²) in [4.78, 5) is 27.4. The highest BCUT2D eigenvalue weighted by atomic mass is 19.4. The van der Waals surface area contributed by atoms with Gasteiger partial charge in [-0.05, 0) is 68.0 Å². The van der Waals surface area contributed by atoms with Crippen molar-refractivity contribution in [1.82, 2.24) is 15.0 Å². The minimum atomic E-state index is -4.76. The molecule has 1 aliphatic rings. The van der Waals surface area contributed by atoms with Crippen molar-refractivity contribution in [2.24, 2.45) is 4.99 Å². The van der Waals surface area contributed by atoms with Crippen LogP contribution in [0.5, 0.6) is 5.75 Å². The standard InChI is InChI=1S/C31H22F4N4O2/c1-19-6-4-8-23(36-19)18-41-26-11-5-9-24(31(33,34)35)27(26)29-37-28(38-30(40)39-29)22-16-13-20(14-17-22)12-15-21-7-2-3-10-25(21)32/h2-5,7-11,13-14,16-17,19H,6,18H2,1H3,(H,37,38,39,40). The molecule has 0 aliphatic carbocycles. The van der Waals surface area contributed by atoms with Gasteiger partial charge in [-0.25, -0.2) is 14.2 Å². The number of ether oxygens (including phenoxy) is 1. The number of nitrogens with zero attached hydrogens (tertiary/aromatic N) is 3. The van der Waals surface area contributed by atoms with E-state index in [-0.39, 0.29) is 35.6 Å². The van der Waals surface area contributed by atoms with Crippen molar-refractivity contribution in [1.29, 1.82) is 0 Å². The molecule has 0 saturated carbocycles. The Morgan fingerprint density at radius 2 is 1.78 bits per heavy atom. The molecule has 41 heavy (non-hydrogen) atoms. The zero-order valence-electron chi connectivity index (χ0n) is 21.7. The van der Waals surface area contributed by atoms with Gasteiger partial charge in [-0.3, -0.25) is 9.98 Å². The first-order valence-electron chi connectivity index (χ1n) is 12.6. The first kappa shape index (κ1) is 27.5. The fraction of sp³-hybridized carbons (Fsp3) is 0.161. The van der Waals surface area contributed by atoms with Crippen LogP contribution in [-0.2, 0) is 6.18 Å². The molecule has 0 bridgehead atoms. The average molecular weight is 559 g/mol. The summed E-state index contributed by atoms with van der Waals surface area (Å²) in [6.07, 6.45) is -0.300. The molecule has 0 fully saturated rings. The zero-order valence-corrected chi connectivity index (χ0v) is 21.7. The topological polar surface area (TPSA) is 80.2 Å². The quantitative estimate of drug-likeness (QED) is 0.233. The Morgan fingerprint density at radius 1 is 1.00 bits per heavy atom. The molecule has 10 heteroatoms. The molecular weight excluding hydrogens is 536 g/mol. The molecule has 4 aromatic rings. The van der Waals surface area contributed by atoms with E-state index in [1.807, 2.05) is 13.0 Å². The first-order valence-corrected chi connectivity index (χ1v) is 12.6. The lowest BCUT2D eigenvalue weighted by Gasteiger charge is -2.18. The van der Waals surface area contributed by atoms with Gasteiger partial charge in [-0.2, -0.15) is 18.2 Å². The summed E-state index contributed by atoms with van der Waals surface area (Å²) in [7, 11) is 0. The Morgan fingerprint density at radius 3 is 2.51 bits per heavy atom. The van der Waals surface area contributed by atoms with E-state index in [4.69, 9.17) is 4.74 Å². The molecule has 1 N–H and O–H groups in total. The van der Waals surface area contributed by atoms with E-state index in [2.05, 4.69) is 31.8 Å². The molecule has 0 radical (unpaired) electrons. The summed E-state index contributed by atoms with van der Waals surface area (Å²) in [5.74, 6) is 4.60. The lowest BCUT2D eigenvalue weighted by Crippen LogP contribution is -2.19. The van der Waals surface area contributed by atoms with Crippen LogP contribution in [0.4, 0.5) is 17.6 Å². The van der Waals surface area contributed by atoms with Gasteiger partial charge >= 0.3 is 11.9 Å². The van der Waals surface area contributed by atoms with Crippen molar-refractivity contribution in [2.75, 3.05) is 6.61 Å². The Kier molecular flexibility index (Phi) is 7.79. The molecule has 0 spiro atoms. The van der Waals surface area contributed by atoms with E-state index in [0.29, 0.717) is 16.8 Å². The van der Waals surface area contributed by atoms with Gasteiger partial charge in [0.2, 0.25) is 0 Å². The maximum atomic E-state index is 14.1. The number of aromatic amines is 1. The van der Waals surface area contributed by atoms with E-state index in [1.54, 1.807) is 48.5 Å². The van der Waals surface area contributed by atoms with Crippen molar-refractivity contribution in [3.05, 3.63) is 112 Å². The van der Waals surface area contributed by atoms with Gasteiger partial charge < -0.3 is 4.74 Å². The number of halogens is 4. The summed E-state index contributed by atoms with van der Waals surface area (Å²) in [6, 6.07) is 16.0. The number of alkyl halides is 3. The summed E-state index contributed by atoms with van der Waals surface area (Å²) in [6.45, 7) is 1.86. The van der Waals surface area contributed by atoms with E-state index < -0.39 is 28.8 Å². The molecule has 5 rings (SSSR count). The largest absolute Gasteiger partial charge is 0.487 e. The van der Waals surface area contributed by atoms with Crippen molar-refractivity contribution in [3.8, 4) is 40.4 Å². The normalized spacial score (nSPS) is 14.7. The first-order chi connectivity index (χ1) is 19.7. The second-order valence-corrected chi connectivity index (χ2v) is 9.21. The van der Waals surface area contributed by atoms with Crippen LogP contribution < -0.4 is 10.4 Å². The van der Waals surface area contributed by atoms with Gasteiger partial charge in [-0.1, -0.05) is 36.1 Å². The Labute approximate surface area is 232 Å². The number of rotatable bonds is 5. The van der Waals surface area contributed by atoms with Gasteiger partial charge in [-0.15, -0.1) is 0 Å². The highest BCUT2D eigenvalue weighted by Gasteiger charge is 2.36. The van der Waals surface area contributed by atoms with E-state index in [0.717, 1.165) is 12.5 Å². The van der Waals surface area contributed by atoms with E-state index >= 15 is 0 Å². The number of nitrogens with one attached hydrogen (secondary N) is 1. The van der Waals surface area contributed by atoms with Crippen LogP contribution in [0.2, 0.25) is 0 Å². The molecule has 0 saturated heterocycles. The van der Waals surface area contributed by atoms with Gasteiger partial charge in [0.1, 0.15) is 24.0 Å². The molecule has 1 aliphatic heterocycles. The van der Waals surface area contributed by atoms with Crippen LogP contribution in [0, 0.1) is 17.7 Å². The summed E-state index contributed by atoms with van der Waals surface area (Å²) in [5, 5.41) is 0. The second kappa shape index (κ2) is 11.6. The SMILES string of the molecule is CC1CC=CC(COc2cccc(C(F)(F)F)c2-c2nc(-c3ccc(C#Cc4ccccc4F)cc3)nc(=O)[nH]2)=N1. The van der Waals surface area contributed by atoms with Crippen LogP contribution in [0.1, 0.15) is 30.0 Å². The maximum absolute atomic E-state index is 14.1. The van der Waals surface area contributed by atoms with Crippen molar-refractivity contribution in [3.63, 3.8) is 0 Å². The number of hydrogen-bond donors (Lipinski definition) is 1. The number of H-pyrrole nitrogens is 1. The third kappa shape index (κ3) is 6.58. The highest BCUT2D eigenvalue weighted by Crippen LogP contribution is 2.41. The third-order valence-electron chi connectivity index (χ3n) is 6.13. The van der Waals surface area contributed by atoms with Gasteiger partial charge in [0.15, 0.2) is 5.82 Å². The van der Waals surface area contributed by atoms with Crippen molar-refractivity contribution >= 4 is 5.71 Å². The van der Waals surface area contributed by atoms with Crippen LogP contribution in [0.3, 0.4) is 0 Å². The second-order valence-electron chi connectivity index (χ2n) is 9.21. The Bertz CT molecular complexity index is 1760. The Hall–Kier alpha value is -5.04. The lowest BCUT2D eigenvalue weighted by molar-refractivity contribution is -0.137.